The van der Waals surface area contributed by atoms with E-state index in [1.807, 2.05) is 63.5 Å². The fraction of sp³-hybridized carbons (Fsp3) is 0.423. The van der Waals surface area contributed by atoms with E-state index < -0.39 is 0 Å². The zero-order valence-electron chi connectivity index (χ0n) is 20.9. The summed E-state index contributed by atoms with van der Waals surface area (Å²) in [5.74, 6) is 2.65. The number of amides is 1. The zero-order chi connectivity index (χ0) is 25.0. The smallest absolute Gasteiger partial charge is 0.230 e. The Hall–Kier alpha value is -3.04. The summed E-state index contributed by atoms with van der Waals surface area (Å²) in [5.41, 5.74) is 1.17. The molecule has 3 aromatic rings. The van der Waals surface area contributed by atoms with Gasteiger partial charge in [0.15, 0.2) is 11.0 Å². The Morgan fingerprint density at radius 1 is 1.03 bits per heavy atom. The Bertz CT molecular complexity index is 1040. The summed E-state index contributed by atoms with van der Waals surface area (Å²) in [6.07, 6.45) is 0.916. The Labute approximate surface area is 212 Å². The maximum Gasteiger partial charge on any atom is 0.230 e. The molecule has 188 valence electrons. The van der Waals surface area contributed by atoms with E-state index >= 15 is 0 Å². The van der Waals surface area contributed by atoms with Gasteiger partial charge in [0, 0.05) is 0 Å². The topological polar surface area (TPSA) is 81.5 Å². The summed E-state index contributed by atoms with van der Waals surface area (Å²) in [6.45, 7) is 6.19. The van der Waals surface area contributed by atoms with E-state index in [2.05, 4.69) is 44.0 Å². The number of hydrogen-bond acceptors (Lipinski definition) is 7. The van der Waals surface area contributed by atoms with E-state index in [9.17, 15) is 4.79 Å². The summed E-state index contributed by atoms with van der Waals surface area (Å²) >= 11 is 1.40. The molecule has 3 rings (SSSR count). The van der Waals surface area contributed by atoms with Crippen molar-refractivity contribution in [3.8, 4) is 11.5 Å². The molecule has 9 heteroatoms. The highest BCUT2D eigenvalue weighted by Gasteiger charge is 2.22. The molecule has 0 bridgehead atoms. The highest BCUT2D eigenvalue weighted by Crippen LogP contribution is 2.26. The molecule has 0 spiro atoms. The number of hydrogen-bond donors (Lipinski definition) is 1. The summed E-state index contributed by atoms with van der Waals surface area (Å²) < 4.78 is 13.2. The molecule has 0 fully saturated rings. The number of nitrogens with one attached hydrogen (secondary N) is 1. The van der Waals surface area contributed by atoms with Gasteiger partial charge in [-0.3, -0.25) is 9.69 Å². The summed E-state index contributed by atoms with van der Waals surface area (Å²) in [5, 5.41) is 12.6. The molecule has 1 amide bonds. The zero-order valence-corrected chi connectivity index (χ0v) is 21.8. The van der Waals surface area contributed by atoms with Gasteiger partial charge >= 0.3 is 0 Å². The quantitative estimate of drug-likeness (QED) is 0.266. The van der Waals surface area contributed by atoms with Gasteiger partial charge in [-0.2, -0.15) is 0 Å². The van der Waals surface area contributed by atoms with Crippen LogP contribution in [0.4, 0.5) is 0 Å². The third-order valence-electron chi connectivity index (χ3n) is 5.40. The van der Waals surface area contributed by atoms with Crippen molar-refractivity contribution in [2.75, 3.05) is 39.6 Å². The van der Waals surface area contributed by atoms with E-state index in [4.69, 9.17) is 9.47 Å². The highest BCUT2D eigenvalue weighted by molar-refractivity contribution is 7.99. The maximum absolute atomic E-state index is 12.4. The first-order valence-electron chi connectivity index (χ1n) is 11.9. The molecular formula is C26H35N5O3S. The van der Waals surface area contributed by atoms with Crippen molar-refractivity contribution in [2.45, 2.75) is 38.0 Å². The van der Waals surface area contributed by atoms with Crippen molar-refractivity contribution in [1.82, 2.24) is 25.0 Å². The molecule has 0 aliphatic carbocycles. The van der Waals surface area contributed by atoms with Gasteiger partial charge in [0.1, 0.15) is 18.1 Å². The SMILES string of the molecule is CCOc1ccc(OCCNC(=O)CSc2nnc(C(CC)N(C)C)n2Cc2ccccc2)cc1. The van der Waals surface area contributed by atoms with Crippen LogP contribution in [0.2, 0.25) is 0 Å². The fourth-order valence-electron chi connectivity index (χ4n) is 3.69. The van der Waals surface area contributed by atoms with Gasteiger partial charge in [0.25, 0.3) is 0 Å². The molecule has 1 N–H and O–H groups in total. The first-order chi connectivity index (χ1) is 17.0. The lowest BCUT2D eigenvalue weighted by Gasteiger charge is -2.23. The Kier molecular flexibility index (Phi) is 10.4. The highest BCUT2D eigenvalue weighted by atomic mass is 32.2. The van der Waals surface area contributed by atoms with Gasteiger partial charge < -0.3 is 19.4 Å². The number of rotatable bonds is 14. The number of nitrogens with zero attached hydrogens (tertiary/aromatic N) is 4. The molecule has 1 heterocycles. The average Bonchev–Trinajstić information content (AvgIpc) is 3.24. The average molecular weight is 498 g/mol. The third kappa shape index (κ3) is 8.00. The molecular weight excluding hydrogens is 462 g/mol. The fourth-order valence-corrected chi connectivity index (χ4v) is 4.46. The largest absolute Gasteiger partial charge is 0.494 e. The van der Waals surface area contributed by atoms with Gasteiger partial charge in [-0.25, -0.2) is 0 Å². The van der Waals surface area contributed by atoms with Crippen LogP contribution in [0.15, 0.2) is 59.8 Å². The van der Waals surface area contributed by atoms with E-state index in [0.717, 1.165) is 28.9 Å². The van der Waals surface area contributed by atoms with Crippen LogP contribution in [0, 0.1) is 0 Å². The van der Waals surface area contributed by atoms with E-state index in [-0.39, 0.29) is 17.7 Å². The minimum Gasteiger partial charge on any atom is -0.494 e. The Balaban J connectivity index is 1.54. The van der Waals surface area contributed by atoms with Gasteiger partial charge in [-0.1, -0.05) is 49.0 Å². The molecule has 1 aromatic heterocycles. The van der Waals surface area contributed by atoms with Crippen LogP contribution in [0.25, 0.3) is 0 Å². The summed E-state index contributed by atoms with van der Waals surface area (Å²) in [4.78, 5) is 14.6. The monoisotopic (exact) mass is 497 g/mol. The lowest BCUT2D eigenvalue weighted by molar-refractivity contribution is -0.118. The van der Waals surface area contributed by atoms with Crippen LogP contribution in [0.3, 0.4) is 0 Å². The summed E-state index contributed by atoms with van der Waals surface area (Å²) in [7, 11) is 4.09. The van der Waals surface area contributed by atoms with E-state index in [1.165, 1.54) is 17.3 Å². The van der Waals surface area contributed by atoms with Crippen LogP contribution in [0.1, 0.15) is 37.7 Å². The molecule has 0 saturated heterocycles. The second-order valence-corrected chi connectivity index (χ2v) is 9.13. The molecule has 0 aliphatic heterocycles. The number of benzene rings is 2. The lowest BCUT2D eigenvalue weighted by Crippen LogP contribution is -2.29. The molecule has 0 radical (unpaired) electrons. The van der Waals surface area contributed by atoms with Gasteiger partial charge in [-0.05, 0) is 57.3 Å². The second-order valence-electron chi connectivity index (χ2n) is 8.19. The molecule has 2 aromatic carbocycles. The van der Waals surface area contributed by atoms with Crippen LogP contribution in [0.5, 0.6) is 11.5 Å². The van der Waals surface area contributed by atoms with Crippen molar-refractivity contribution in [1.29, 1.82) is 0 Å². The minimum absolute atomic E-state index is 0.0687. The molecule has 1 atom stereocenters. The normalized spacial score (nSPS) is 11.9. The van der Waals surface area contributed by atoms with E-state index in [1.54, 1.807) is 0 Å². The minimum atomic E-state index is -0.0687. The van der Waals surface area contributed by atoms with Gasteiger partial charge in [0.05, 0.1) is 31.5 Å². The van der Waals surface area contributed by atoms with Crippen molar-refractivity contribution >= 4 is 17.7 Å². The maximum atomic E-state index is 12.4. The number of carbonyl (C=O) groups is 1. The van der Waals surface area contributed by atoms with Crippen molar-refractivity contribution in [3.05, 3.63) is 66.0 Å². The molecule has 0 aliphatic rings. The molecule has 8 nitrogen and oxygen atoms in total. The lowest BCUT2D eigenvalue weighted by atomic mass is 10.2. The van der Waals surface area contributed by atoms with Crippen molar-refractivity contribution < 1.29 is 14.3 Å². The second kappa shape index (κ2) is 13.7. The predicted molar refractivity (Wildman–Crippen MR) is 139 cm³/mol. The van der Waals surface area contributed by atoms with Crippen molar-refractivity contribution in [2.24, 2.45) is 0 Å². The number of ether oxygens (including phenoxy) is 2. The van der Waals surface area contributed by atoms with Crippen LogP contribution >= 0.6 is 11.8 Å². The van der Waals surface area contributed by atoms with Crippen molar-refractivity contribution in [3.63, 3.8) is 0 Å². The van der Waals surface area contributed by atoms with Crippen LogP contribution < -0.4 is 14.8 Å². The molecule has 35 heavy (non-hydrogen) atoms. The van der Waals surface area contributed by atoms with Gasteiger partial charge in [-0.15, -0.1) is 10.2 Å². The Morgan fingerprint density at radius 2 is 1.71 bits per heavy atom. The molecule has 0 saturated carbocycles. The standard InChI is InChI=1S/C26H35N5O3S/c1-5-23(30(3)4)25-28-29-26(31(25)18-20-10-8-7-9-11-20)35-19-24(32)27-16-17-34-22-14-12-21(13-15-22)33-6-2/h7-15,23H,5-6,16-19H2,1-4H3,(H,27,32). The first kappa shape index (κ1) is 26.6. The third-order valence-corrected chi connectivity index (χ3v) is 6.36. The van der Waals surface area contributed by atoms with E-state index in [0.29, 0.717) is 26.3 Å². The number of carbonyl (C=O) groups excluding carboxylic acids is 1. The first-order valence-corrected chi connectivity index (χ1v) is 12.9. The predicted octanol–water partition coefficient (Wildman–Crippen LogP) is 4.03. The summed E-state index contributed by atoms with van der Waals surface area (Å²) in [6, 6.07) is 17.8. The number of thioether (sulfide) groups is 1. The Morgan fingerprint density at radius 3 is 2.34 bits per heavy atom. The van der Waals surface area contributed by atoms with Crippen LogP contribution in [-0.2, 0) is 11.3 Å². The number of aromatic nitrogens is 3. The van der Waals surface area contributed by atoms with Crippen LogP contribution in [-0.4, -0.2) is 65.2 Å². The van der Waals surface area contributed by atoms with Gasteiger partial charge in [0.2, 0.25) is 5.91 Å². The molecule has 1 unspecified atom stereocenters.